The largest absolute Gasteiger partial charge is 0.389 e. The van der Waals surface area contributed by atoms with E-state index in [9.17, 15) is 4.79 Å². The van der Waals surface area contributed by atoms with Gasteiger partial charge < -0.3 is 16.0 Å². The molecule has 3 N–H and O–H groups in total. The monoisotopic (exact) mass is 277 g/mol. The summed E-state index contributed by atoms with van der Waals surface area (Å²) in [5.74, 6) is 0.0721. The van der Waals surface area contributed by atoms with Crippen molar-refractivity contribution in [3.8, 4) is 0 Å². The van der Waals surface area contributed by atoms with Gasteiger partial charge >= 0.3 is 0 Å². The van der Waals surface area contributed by atoms with Crippen molar-refractivity contribution >= 4 is 28.8 Å². The van der Waals surface area contributed by atoms with Gasteiger partial charge in [0.2, 0.25) is 5.91 Å². The number of amides is 1. The van der Waals surface area contributed by atoms with Gasteiger partial charge in [-0.3, -0.25) is 4.79 Å². The fraction of sp³-hybridized carbons (Fsp3) is 0.429. The Bertz CT molecular complexity index is 511. The number of likely N-dealkylation sites (N-methyl/N-ethyl adjacent to an activating group) is 1. The number of anilines is 1. The van der Waals surface area contributed by atoms with Crippen molar-refractivity contribution in [1.29, 1.82) is 0 Å². The van der Waals surface area contributed by atoms with Crippen LogP contribution in [0.25, 0.3) is 0 Å². The molecule has 0 bridgehead atoms. The van der Waals surface area contributed by atoms with Gasteiger partial charge in [-0.15, -0.1) is 0 Å². The molecule has 1 aromatic rings. The summed E-state index contributed by atoms with van der Waals surface area (Å²) < 4.78 is 0. The second kappa shape index (κ2) is 5.57. The Kier molecular flexibility index (Phi) is 4.04. The minimum atomic E-state index is 0.0721. The van der Waals surface area contributed by atoms with E-state index in [-0.39, 0.29) is 5.91 Å². The Morgan fingerprint density at radius 3 is 2.74 bits per heavy atom. The predicted octanol–water partition coefficient (Wildman–Crippen LogP) is 1.34. The first kappa shape index (κ1) is 13.8. The fourth-order valence-electron chi connectivity index (χ4n) is 2.04. The average Bonchev–Trinajstić information content (AvgIpc) is 3.12. The van der Waals surface area contributed by atoms with Crippen LogP contribution in [-0.2, 0) is 4.79 Å². The Hall–Kier alpha value is -1.62. The van der Waals surface area contributed by atoms with E-state index in [0.717, 1.165) is 29.7 Å². The molecule has 1 amide bonds. The number of aryl methyl sites for hydroxylation is 1. The van der Waals surface area contributed by atoms with Gasteiger partial charge in [0.25, 0.3) is 0 Å². The maximum atomic E-state index is 11.8. The zero-order valence-corrected chi connectivity index (χ0v) is 12.1. The lowest BCUT2D eigenvalue weighted by Crippen LogP contribution is -2.36. The van der Waals surface area contributed by atoms with E-state index in [1.54, 1.807) is 0 Å². The van der Waals surface area contributed by atoms with E-state index in [1.807, 2.05) is 37.1 Å². The van der Waals surface area contributed by atoms with Crippen LogP contribution >= 0.6 is 12.2 Å². The molecule has 1 saturated carbocycles. The first-order chi connectivity index (χ1) is 8.97. The van der Waals surface area contributed by atoms with E-state index < -0.39 is 0 Å². The lowest BCUT2D eigenvalue weighted by atomic mass is 10.1. The van der Waals surface area contributed by atoms with Gasteiger partial charge in [-0.05, 0) is 43.5 Å². The average molecular weight is 277 g/mol. The Morgan fingerprint density at radius 1 is 1.53 bits per heavy atom. The van der Waals surface area contributed by atoms with Gasteiger partial charge in [-0.1, -0.05) is 12.2 Å². The predicted molar refractivity (Wildman–Crippen MR) is 81.5 cm³/mol. The second-order valence-corrected chi connectivity index (χ2v) is 5.50. The van der Waals surface area contributed by atoms with E-state index in [4.69, 9.17) is 18.0 Å². The van der Waals surface area contributed by atoms with Crippen molar-refractivity contribution < 1.29 is 4.79 Å². The molecule has 0 aliphatic heterocycles. The maximum absolute atomic E-state index is 11.8. The highest BCUT2D eigenvalue weighted by atomic mass is 32.1. The summed E-state index contributed by atoms with van der Waals surface area (Å²) in [5, 5.41) is 2.98. The van der Waals surface area contributed by atoms with E-state index in [2.05, 4.69) is 5.32 Å². The number of rotatable bonds is 5. The highest BCUT2D eigenvalue weighted by molar-refractivity contribution is 7.80. The number of nitrogens with two attached hydrogens (primary N) is 1. The highest BCUT2D eigenvalue weighted by Crippen LogP contribution is 2.21. The van der Waals surface area contributed by atoms with Gasteiger partial charge in [0.05, 0.1) is 6.54 Å². The zero-order valence-electron chi connectivity index (χ0n) is 11.3. The number of hydrogen-bond donors (Lipinski definition) is 2. The minimum Gasteiger partial charge on any atom is -0.389 e. The van der Waals surface area contributed by atoms with Gasteiger partial charge in [0.1, 0.15) is 4.99 Å². The number of benzene rings is 1. The van der Waals surface area contributed by atoms with Crippen LogP contribution in [0.15, 0.2) is 18.2 Å². The third-order valence-electron chi connectivity index (χ3n) is 3.22. The van der Waals surface area contributed by atoms with E-state index >= 15 is 0 Å². The summed E-state index contributed by atoms with van der Waals surface area (Å²) in [5.41, 5.74) is 8.54. The van der Waals surface area contributed by atoms with Gasteiger partial charge in [-0.25, -0.2) is 0 Å². The first-order valence-corrected chi connectivity index (χ1v) is 6.79. The third kappa shape index (κ3) is 3.67. The summed E-state index contributed by atoms with van der Waals surface area (Å²) >= 11 is 4.96. The van der Waals surface area contributed by atoms with Crippen molar-refractivity contribution in [1.82, 2.24) is 5.32 Å². The number of carbonyl (C=O) groups excluding carboxylic acids is 1. The quantitative estimate of drug-likeness (QED) is 0.798. The normalized spacial score (nSPS) is 14.0. The summed E-state index contributed by atoms with van der Waals surface area (Å²) in [7, 11) is 1.91. The second-order valence-electron chi connectivity index (χ2n) is 5.06. The van der Waals surface area contributed by atoms with Crippen LogP contribution in [0.3, 0.4) is 0 Å². The Balaban J connectivity index is 2.03. The number of carbonyl (C=O) groups is 1. The van der Waals surface area contributed by atoms with Crippen LogP contribution in [0.4, 0.5) is 5.69 Å². The van der Waals surface area contributed by atoms with Crippen LogP contribution in [0.5, 0.6) is 0 Å². The summed E-state index contributed by atoms with van der Waals surface area (Å²) in [6, 6.07) is 6.19. The smallest absolute Gasteiger partial charge is 0.239 e. The SMILES string of the molecule is Cc1cc(C(N)=S)ccc1N(C)CC(=O)NC1CC1. The molecule has 0 saturated heterocycles. The zero-order chi connectivity index (χ0) is 14.0. The third-order valence-corrected chi connectivity index (χ3v) is 3.45. The maximum Gasteiger partial charge on any atom is 0.239 e. The van der Waals surface area contributed by atoms with Crippen molar-refractivity contribution in [2.45, 2.75) is 25.8 Å². The molecule has 2 rings (SSSR count). The van der Waals surface area contributed by atoms with Crippen LogP contribution in [0, 0.1) is 6.92 Å². The van der Waals surface area contributed by atoms with Gasteiger partial charge in [-0.2, -0.15) is 0 Å². The summed E-state index contributed by atoms with van der Waals surface area (Å²) in [6.45, 7) is 2.36. The lowest BCUT2D eigenvalue weighted by molar-refractivity contribution is -0.119. The molecule has 1 fully saturated rings. The van der Waals surface area contributed by atoms with Crippen molar-refractivity contribution in [2.24, 2.45) is 5.73 Å². The van der Waals surface area contributed by atoms with E-state index in [1.165, 1.54) is 0 Å². The summed E-state index contributed by atoms with van der Waals surface area (Å²) in [4.78, 5) is 14.1. The molecule has 19 heavy (non-hydrogen) atoms. The Labute approximate surface area is 119 Å². The van der Waals surface area contributed by atoms with Crippen molar-refractivity contribution in [3.05, 3.63) is 29.3 Å². The number of hydrogen-bond acceptors (Lipinski definition) is 3. The molecule has 0 unspecified atom stereocenters. The topological polar surface area (TPSA) is 58.4 Å². The number of nitrogens with one attached hydrogen (secondary N) is 1. The van der Waals surface area contributed by atoms with Gasteiger partial charge in [0.15, 0.2) is 0 Å². The van der Waals surface area contributed by atoms with Crippen LogP contribution < -0.4 is 16.0 Å². The highest BCUT2D eigenvalue weighted by Gasteiger charge is 2.23. The van der Waals surface area contributed by atoms with Crippen molar-refractivity contribution in [3.63, 3.8) is 0 Å². The molecule has 102 valence electrons. The van der Waals surface area contributed by atoms with E-state index in [0.29, 0.717) is 17.6 Å². The molecule has 5 heteroatoms. The summed E-state index contributed by atoms with van der Waals surface area (Å²) in [6.07, 6.45) is 2.22. The van der Waals surface area contributed by atoms with Gasteiger partial charge in [0, 0.05) is 24.3 Å². The molecule has 4 nitrogen and oxygen atoms in total. The molecular formula is C14H19N3OS. The molecule has 0 aromatic heterocycles. The first-order valence-electron chi connectivity index (χ1n) is 6.38. The Morgan fingerprint density at radius 2 is 2.21 bits per heavy atom. The van der Waals surface area contributed by atoms with Crippen molar-refractivity contribution in [2.75, 3.05) is 18.5 Å². The number of nitrogens with zero attached hydrogens (tertiary/aromatic N) is 1. The molecule has 1 aromatic carbocycles. The van der Waals surface area contributed by atoms with Crippen LogP contribution in [0.2, 0.25) is 0 Å². The molecule has 1 aliphatic carbocycles. The molecule has 0 spiro atoms. The molecular weight excluding hydrogens is 258 g/mol. The standard InChI is InChI=1S/C14H19N3OS/c1-9-7-10(14(15)19)3-6-12(9)17(2)8-13(18)16-11-4-5-11/h3,6-7,11H,4-5,8H2,1-2H3,(H2,15,19)(H,16,18). The van der Waals surface area contributed by atoms with Crippen LogP contribution in [-0.4, -0.2) is 30.5 Å². The molecule has 0 atom stereocenters. The number of thiocarbonyl (C=S) groups is 1. The fourth-order valence-corrected chi connectivity index (χ4v) is 2.17. The van der Waals surface area contributed by atoms with Crippen LogP contribution in [0.1, 0.15) is 24.0 Å². The molecule has 0 heterocycles. The molecule has 0 radical (unpaired) electrons. The molecule has 1 aliphatic rings. The minimum absolute atomic E-state index is 0.0721. The lowest BCUT2D eigenvalue weighted by Gasteiger charge is -2.21.